The first-order chi connectivity index (χ1) is 9.86. The third-order valence-electron chi connectivity index (χ3n) is 2.46. The number of carbonyl (C=O) groups excluding carboxylic acids is 1. The highest BCUT2D eigenvalue weighted by Crippen LogP contribution is 2.29. The van der Waals surface area contributed by atoms with Crippen LogP contribution in [0.5, 0.6) is 0 Å². The Morgan fingerprint density at radius 3 is 2.33 bits per heavy atom. The summed E-state index contributed by atoms with van der Waals surface area (Å²) in [5.41, 5.74) is 0.385. The van der Waals surface area contributed by atoms with E-state index in [1.807, 2.05) is 0 Å². The van der Waals surface area contributed by atoms with Crippen LogP contribution >= 0.6 is 23.2 Å². The second kappa shape index (κ2) is 7.71. The van der Waals surface area contributed by atoms with Gasteiger partial charge in [-0.25, -0.2) is 9.59 Å². The molecule has 0 spiro atoms. The molecule has 0 amide bonds. The molecule has 0 aliphatic carbocycles. The van der Waals surface area contributed by atoms with Crippen molar-refractivity contribution in [3.05, 3.63) is 51.7 Å². The zero-order chi connectivity index (χ0) is 16.0. The maximum atomic E-state index is 11.3. The number of anilines is 1. The fourth-order valence-corrected chi connectivity index (χ4v) is 1.91. The number of carboxylic acid groups (broad SMARTS) is 1. The Hall–Kier alpha value is -1.98. The molecule has 7 heteroatoms. The summed E-state index contributed by atoms with van der Waals surface area (Å²) in [4.78, 5) is 22.4. The Morgan fingerprint density at radius 1 is 1.29 bits per heavy atom. The summed E-state index contributed by atoms with van der Waals surface area (Å²) < 4.78 is 4.50. The summed E-state index contributed by atoms with van der Waals surface area (Å²) in [7, 11) is 1.21. The molecule has 2 N–H and O–H groups in total. The van der Waals surface area contributed by atoms with Gasteiger partial charge in [-0.15, -0.1) is 0 Å². The van der Waals surface area contributed by atoms with Crippen molar-refractivity contribution < 1.29 is 19.4 Å². The Balaban J connectivity index is 3.07. The largest absolute Gasteiger partial charge is 0.478 e. The number of carboxylic acids is 1. The molecule has 5 nitrogen and oxygen atoms in total. The standard InChI is InChI=1S/C14H13Cl2NO4/c1-8(14(20)21-2)6-9(13(18)19)7-17-12-10(15)4-3-5-11(12)16/h3-7,17H,1-2H3,(H,18,19). The van der Waals surface area contributed by atoms with E-state index in [9.17, 15) is 9.59 Å². The highest BCUT2D eigenvalue weighted by molar-refractivity contribution is 6.39. The number of ether oxygens (including phenoxy) is 1. The number of esters is 1. The summed E-state index contributed by atoms with van der Waals surface area (Å²) >= 11 is 11.9. The number of carbonyl (C=O) groups is 2. The molecule has 0 aliphatic rings. The number of hydrogen-bond acceptors (Lipinski definition) is 4. The fourth-order valence-electron chi connectivity index (χ4n) is 1.40. The number of halogens is 2. The minimum absolute atomic E-state index is 0.145. The fraction of sp³-hybridized carbons (Fsp3) is 0.143. The molecule has 0 saturated heterocycles. The predicted molar refractivity (Wildman–Crippen MR) is 81.6 cm³/mol. The minimum atomic E-state index is -1.21. The molecule has 0 aromatic heterocycles. The molecule has 0 fully saturated rings. The highest BCUT2D eigenvalue weighted by atomic mass is 35.5. The first kappa shape index (κ1) is 17.1. The lowest BCUT2D eigenvalue weighted by molar-refractivity contribution is -0.136. The normalized spacial score (nSPS) is 12.0. The topological polar surface area (TPSA) is 75.6 Å². The monoisotopic (exact) mass is 329 g/mol. The lowest BCUT2D eigenvalue weighted by Crippen LogP contribution is -2.06. The van der Waals surface area contributed by atoms with Crippen molar-refractivity contribution in [2.75, 3.05) is 12.4 Å². The molecular formula is C14H13Cl2NO4. The molecule has 112 valence electrons. The van der Waals surface area contributed by atoms with Gasteiger partial charge in [-0.3, -0.25) is 0 Å². The highest BCUT2D eigenvalue weighted by Gasteiger charge is 2.10. The van der Waals surface area contributed by atoms with Crippen molar-refractivity contribution in [3.8, 4) is 0 Å². The zero-order valence-electron chi connectivity index (χ0n) is 11.3. The van der Waals surface area contributed by atoms with E-state index < -0.39 is 11.9 Å². The van der Waals surface area contributed by atoms with Crippen molar-refractivity contribution in [2.45, 2.75) is 6.92 Å². The maximum absolute atomic E-state index is 11.3. The maximum Gasteiger partial charge on any atom is 0.337 e. The lowest BCUT2D eigenvalue weighted by atomic mass is 10.2. The summed E-state index contributed by atoms with van der Waals surface area (Å²) in [5.74, 6) is -1.83. The van der Waals surface area contributed by atoms with E-state index in [2.05, 4.69) is 10.1 Å². The molecule has 1 rings (SSSR count). The molecule has 0 unspecified atom stereocenters. The molecular weight excluding hydrogens is 317 g/mol. The summed E-state index contributed by atoms with van der Waals surface area (Å²) in [6.07, 6.45) is 2.38. The van der Waals surface area contributed by atoms with Crippen molar-refractivity contribution >= 4 is 40.8 Å². The smallest absolute Gasteiger partial charge is 0.337 e. The van der Waals surface area contributed by atoms with Gasteiger partial charge in [0.05, 0.1) is 28.4 Å². The van der Waals surface area contributed by atoms with Crippen LogP contribution in [-0.4, -0.2) is 24.2 Å². The molecule has 0 atom stereocenters. The third-order valence-corrected chi connectivity index (χ3v) is 3.09. The molecule has 1 aromatic rings. The van der Waals surface area contributed by atoms with E-state index in [1.54, 1.807) is 18.2 Å². The van der Waals surface area contributed by atoms with E-state index in [0.717, 1.165) is 0 Å². The Morgan fingerprint density at radius 2 is 1.86 bits per heavy atom. The number of aliphatic carboxylic acids is 1. The lowest BCUT2D eigenvalue weighted by Gasteiger charge is -2.07. The zero-order valence-corrected chi connectivity index (χ0v) is 12.8. The van der Waals surface area contributed by atoms with E-state index in [4.69, 9.17) is 28.3 Å². The van der Waals surface area contributed by atoms with Gasteiger partial charge in [-0.05, 0) is 25.1 Å². The van der Waals surface area contributed by atoms with Crippen molar-refractivity contribution in [3.63, 3.8) is 0 Å². The molecule has 0 radical (unpaired) electrons. The summed E-state index contributed by atoms with van der Waals surface area (Å²) in [5, 5.41) is 12.5. The van der Waals surface area contributed by atoms with Gasteiger partial charge < -0.3 is 15.2 Å². The number of rotatable bonds is 5. The summed E-state index contributed by atoms with van der Waals surface area (Å²) in [6, 6.07) is 4.89. The number of benzene rings is 1. The van der Waals surface area contributed by atoms with Crippen LogP contribution in [0.3, 0.4) is 0 Å². The van der Waals surface area contributed by atoms with Crippen LogP contribution in [0.1, 0.15) is 6.92 Å². The number of hydrogen-bond donors (Lipinski definition) is 2. The van der Waals surface area contributed by atoms with Crippen molar-refractivity contribution in [1.29, 1.82) is 0 Å². The minimum Gasteiger partial charge on any atom is -0.478 e. The van der Waals surface area contributed by atoms with E-state index in [0.29, 0.717) is 15.7 Å². The van der Waals surface area contributed by atoms with Crippen LogP contribution in [0, 0.1) is 0 Å². The molecule has 0 aliphatic heterocycles. The van der Waals surface area contributed by atoms with E-state index in [1.165, 1.54) is 26.3 Å². The summed E-state index contributed by atoms with van der Waals surface area (Å²) in [6.45, 7) is 1.45. The van der Waals surface area contributed by atoms with Crippen LogP contribution in [-0.2, 0) is 14.3 Å². The second-order valence-corrected chi connectivity index (χ2v) is 4.78. The molecule has 21 heavy (non-hydrogen) atoms. The van der Waals surface area contributed by atoms with E-state index in [-0.39, 0.29) is 11.1 Å². The first-order valence-electron chi connectivity index (χ1n) is 5.77. The molecule has 0 heterocycles. The van der Waals surface area contributed by atoms with Gasteiger partial charge in [0.25, 0.3) is 0 Å². The number of methoxy groups -OCH3 is 1. The first-order valence-corrected chi connectivity index (χ1v) is 6.53. The third kappa shape index (κ3) is 4.81. The van der Waals surface area contributed by atoms with Crippen LogP contribution in [0.2, 0.25) is 10.0 Å². The van der Waals surface area contributed by atoms with Gasteiger partial charge in [-0.2, -0.15) is 0 Å². The van der Waals surface area contributed by atoms with Crippen molar-refractivity contribution in [1.82, 2.24) is 0 Å². The van der Waals surface area contributed by atoms with Gasteiger partial charge in [0.1, 0.15) is 0 Å². The van der Waals surface area contributed by atoms with Gasteiger partial charge in [0.2, 0.25) is 0 Å². The van der Waals surface area contributed by atoms with Crippen molar-refractivity contribution in [2.24, 2.45) is 0 Å². The van der Waals surface area contributed by atoms with E-state index >= 15 is 0 Å². The van der Waals surface area contributed by atoms with Crippen LogP contribution < -0.4 is 5.32 Å². The molecule has 0 bridgehead atoms. The van der Waals surface area contributed by atoms with Gasteiger partial charge in [0.15, 0.2) is 0 Å². The molecule has 1 aromatic carbocycles. The predicted octanol–water partition coefficient (Wildman–Crippen LogP) is 3.49. The Labute approximate surface area is 131 Å². The average Bonchev–Trinajstić information content (AvgIpc) is 2.44. The van der Waals surface area contributed by atoms with Gasteiger partial charge >= 0.3 is 11.9 Å². The van der Waals surface area contributed by atoms with Crippen LogP contribution in [0.4, 0.5) is 5.69 Å². The Bertz CT molecular complexity index is 603. The number of para-hydroxylation sites is 1. The quantitative estimate of drug-likeness (QED) is 0.491. The van der Waals surface area contributed by atoms with Crippen LogP contribution in [0.25, 0.3) is 0 Å². The second-order valence-electron chi connectivity index (χ2n) is 3.96. The molecule has 0 saturated carbocycles. The average molecular weight is 330 g/mol. The van der Waals surface area contributed by atoms with Gasteiger partial charge in [0, 0.05) is 11.8 Å². The Kier molecular flexibility index (Phi) is 6.27. The SMILES string of the molecule is COC(=O)C(C)=CC(=CNc1c(Cl)cccc1Cl)C(=O)O. The number of nitrogens with one attached hydrogen (secondary N) is 1. The van der Waals surface area contributed by atoms with Gasteiger partial charge in [-0.1, -0.05) is 29.3 Å². The van der Waals surface area contributed by atoms with Crippen LogP contribution in [0.15, 0.2) is 41.6 Å².